The van der Waals surface area contributed by atoms with Gasteiger partial charge in [0.25, 0.3) is 5.91 Å². The molecule has 0 rings (SSSR count). The van der Waals surface area contributed by atoms with Crippen molar-refractivity contribution in [1.82, 2.24) is 4.90 Å². The molecule has 1 N–H and O–H groups in total. The van der Waals surface area contributed by atoms with Crippen LogP contribution in [0.2, 0.25) is 0 Å². The summed E-state index contributed by atoms with van der Waals surface area (Å²) in [7, 11) is -0.759. The monoisotopic (exact) mass is 251 g/mol. The van der Waals surface area contributed by atoms with E-state index >= 15 is 0 Å². The van der Waals surface area contributed by atoms with Crippen LogP contribution in [0, 0.1) is 0 Å². The highest BCUT2D eigenvalue weighted by molar-refractivity contribution is 7.60. The van der Waals surface area contributed by atoms with Crippen molar-refractivity contribution in [2.45, 2.75) is 13.8 Å². The van der Waals surface area contributed by atoms with E-state index in [0.29, 0.717) is 6.26 Å². The molecule has 0 saturated heterocycles. The van der Waals surface area contributed by atoms with E-state index in [-0.39, 0.29) is 18.5 Å². The summed E-state index contributed by atoms with van der Waals surface area (Å²) >= 11 is 0. The Balaban J connectivity index is 5.17. The minimum absolute atomic E-state index is 0.120. The summed E-state index contributed by atoms with van der Waals surface area (Å²) in [6, 6.07) is 0. The molecule has 0 fully saturated rings. The van der Waals surface area contributed by atoms with E-state index in [1.165, 1.54) is 19.0 Å². The molecule has 0 aliphatic heterocycles. The van der Waals surface area contributed by atoms with Crippen LogP contribution in [0.25, 0.3) is 0 Å². The van der Waals surface area contributed by atoms with E-state index in [4.69, 9.17) is 14.2 Å². The Morgan fingerprint density at radius 2 is 1.75 bits per heavy atom. The lowest BCUT2D eigenvalue weighted by molar-refractivity contribution is -0.124. The van der Waals surface area contributed by atoms with Gasteiger partial charge in [0, 0.05) is 14.1 Å². The minimum Gasteiger partial charge on any atom is -0.514 e. The zero-order chi connectivity index (χ0) is 12.8. The first-order chi connectivity index (χ1) is 7.42. The van der Waals surface area contributed by atoms with Gasteiger partial charge in [0.2, 0.25) is 0 Å². The third-order valence-electron chi connectivity index (χ3n) is 1.64. The molecule has 0 heterocycles. The van der Waals surface area contributed by atoms with E-state index in [9.17, 15) is 9.36 Å². The fourth-order valence-corrected chi connectivity index (χ4v) is 2.60. The van der Waals surface area contributed by atoms with Crippen molar-refractivity contribution in [2.24, 2.45) is 0 Å². The molecule has 0 radical (unpaired) electrons. The van der Waals surface area contributed by atoms with Gasteiger partial charge in [0.1, 0.15) is 6.26 Å². The Morgan fingerprint density at radius 1 is 1.31 bits per heavy atom. The second kappa shape index (κ2) is 6.68. The van der Waals surface area contributed by atoms with Crippen LogP contribution in [-0.4, -0.2) is 43.2 Å². The smallest absolute Gasteiger partial charge is 0.370 e. The zero-order valence-corrected chi connectivity index (χ0v) is 10.9. The first kappa shape index (κ1) is 15.2. The number of hydrogen-bond donors (Lipinski definition) is 1. The van der Waals surface area contributed by atoms with Gasteiger partial charge in [-0.1, -0.05) is 0 Å². The van der Waals surface area contributed by atoms with Gasteiger partial charge in [-0.2, -0.15) is 0 Å². The highest BCUT2D eigenvalue weighted by atomic mass is 31.2. The van der Waals surface area contributed by atoms with E-state index in [0.717, 1.165) is 0 Å². The molecule has 16 heavy (non-hydrogen) atoms. The van der Waals surface area contributed by atoms with E-state index in [1.807, 2.05) is 0 Å². The van der Waals surface area contributed by atoms with E-state index in [1.54, 1.807) is 13.8 Å². The number of aliphatic hydroxyl groups excluding tert-OH is 1. The number of aliphatic hydroxyl groups is 1. The van der Waals surface area contributed by atoms with Crippen molar-refractivity contribution < 1.29 is 23.5 Å². The van der Waals surface area contributed by atoms with Crippen LogP contribution in [0.15, 0.2) is 11.6 Å². The molecule has 0 atom stereocenters. The van der Waals surface area contributed by atoms with Crippen molar-refractivity contribution in [3.05, 3.63) is 11.6 Å². The number of carbonyl (C=O) groups excluding carboxylic acids is 1. The molecule has 0 aliphatic carbocycles. The van der Waals surface area contributed by atoms with Crippen molar-refractivity contribution in [2.75, 3.05) is 27.3 Å². The predicted octanol–water partition coefficient (Wildman–Crippen LogP) is 1.74. The fourth-order valence-electron chi connectivity index (χ4n) is 0.988. The summed E-state index contributed by atoms with van der Waals surface area (Å²) in [5, 5.41) is 8.63. The second-order valence-corrected chi connectivity index (χ2v) is 5.04. The maximum atomic E-state index is 12.2. The van der Waals surface area contributed by atoms with E-state index in [2.05, 4.69) is 0 Å². The van der Waals surface area contributed by atoms with Gasteiger partial charge in [0.05, 0.1) is 13.2 Å². The lowest BCUT2D eigenvalue weighted by Crippen LogP contribution is -2.24. The lowest BCUT2D eigenvalue weighted by atomic mass is 10.5. The van der Waals surface area contributed by atoms with Crippen molar-refractivity contribution >= 4 is 13.5 Å². The van der Waals surface area contributed by atoms with Crippen LogP contribution in [-0.2, 0) is 18.4 Å². The molecule has 0 aromatic carbocycles. The van der Waals surface area contributed by atoms with Crippen LogP contribution in [0.5, 0.6) is 0 Å². The van der Waals surface area contributed by atoms with Crippen LogP contribution >= 0.6 is 7.60 Å². The average molecular weight is 251 g/mol. The second-order valence-electron chi connectivity index (χ2n) is 3.05. The van der Waals surface area contributed by atoms with Crippen LogP contribution in [0.4, 0.5) is 0 Å². The first-order valence-corrected chi connectivity index (χ1v) is 6.42. The molecule has 0 saturated carbocycles. The Morgan fingerprint density at radius 3 is 2.00 bits per heavy atom. The van der Waals surface area contributed by atoms with Gasteiger partial charge < -0.3 is 19.1 Å². The molecule has 1 amide bonds. The Bertz CT molecular complexity index is 303. The summed E-state index contributed by atoms with van der Waals surface area (Å²) in [6.07, 6.45) is 0.481. The molecule has 6 nitrogen and oxygen atoms in total. The van der Waals surface area contributed by atoms with Gasteiger partial charge in [-0.15, -0.1) is 0 Å². The van der Waals surface area contributed by atoms with E-state index < -0.39 is 13.5 Å². The van der Waals surface area contributed by atoms with Crippen molar-refractivity contribution in [3.8, 4) is 0 Å². The normalized spacial score (nSPS) is 12.6. The highest BCUT2D eigenvalue weighted by Gasteiger charge is 2.36. The first-order valence-electron chi connectivity index (χ1n) is 4.88. The van der Waals surface area contributed by atoms with Gasteiger partial charge in [0.15, 0.2) is 5.31 Å². The number of rotatable bonds is 6. The summed E-state index contributed by atoms with van der Waals surface area (Å²) in [6.45, 7) is 3.49. The molecule has 0 bridgehead atoms. The molecular weight excluding hydrogens is 233 g/mol. The number of likely N-dealkylation sites (N-methyl/N-ethyl adjacent to an activating group) is 1. The molecule has 0 aliphatic rings. The summed E-state index contributed by atoms with van der Waals surface area (Å²) in [5.74, 6) is -0.604. The number of hydrogen-bond acceptors (Lipinski definition) is 5. The topological polar surface area (TPSA) is 76.1 Å². The average Bonchev–Trinajstić information content (AvgIpc) is 2.18. The number of amides is 1. The van der Waals surface area contributed by atoms with Gasteiger partial charge >= 0.3 is 7.60 Å². The maximum Gasteiger partial charge on any atom is 0.370 e. The molecule has 0 aromatic heterocycles. The zero-order valence-electron chi connectivity index (χ0n) is 9.97. The molecule has 0 aromatic rings. The molecule has 94 valence electrons. The lowest BCUT2D eigenvalue weighted by Gasteiger charge is -2.20. The largest absolute Gasteiger partial charge is 0.514 e. The number of nitrogens with zero attached hydrogens (tertiary/aromatic N) is 1. The van der Waals surface area contributed by atoms with Gasteiger partial charge in [-0.05, 0) is 13.8 Å². The maximum absolute atomic E-state index is 12.2. The van der Waals surface area contributed by atoms with Crippen LogP contribution < -0.4 is 0 Å². The third kappa shape index (κ3) is 3.63. The molecule has 0 unspecified atom stereocenters. The molecular formula is C9H18NO5P. The summed E-state index contributed by atoms with van der Waals surface area (Å²) in [5.41, 5.74) is 0. The Labute approximate surface area is 95.4 Å². The standard InChI is InChI=1S/C9H18NO5P/c1-5-14-16(13,15-6-2)8(7-11)9(12)10(3)4/h7,11H,5-6H2,1-4H3/b8-7+. The third-order valence-corrected chi connectivity index (χ3v) is 3.73. The van der Waals surface area contributed by atoms with Crippen molar-refractivity contribution in [1.29, 1.82) is 0 Å². The predicted molar refractivity (Wildman–Crippen MR) is 60.3 cm³/mol. The van der Waals surface area contributed by atoms with Crippen LogP contribution in [0.1, 0.15) is 13.8 Å². The fraction of sp³-hybridized carbons (Fsp3) is 0.667. The van der Waals surface area contributed by atoms with Gasteiger partial charge in [-0.25, -0.2) is 0 Å². The highest BCUT2D eigenvalue weighted by Crippen LogP contribution is 2.56. The van der Waals surface area contributed by atoms with Gasteiger partial charge in [-0.3, -0.25) is 9.36 Å². The quantitative estimate of drug-likeness (QED) is 0.442. The summed E-state index contributed by atoms with van der Waals surface area (Å²) < 4.78 is 22.1. The molecule has 0 spiro atoms. The van der Waals surface area contributed by atoms with Crippen LogP contribution in [0.3, 0.4) is 0 Å². The Hall–Kier alpha value is -0.840. The van der Waals surface area contributed by atoms with Crippen molar-refractivity contribution in [3.63, 3.8) is 0 Å². The molecule has 7 heteroatoms. The SMILES string of the molecule is CCOP(=O)(OCC)/C(=C/O)C(=O)N(C)C. The Kier molecular flexibility index (Phi) is 6.33. The summed E-state index contributed by atoms with van der Waals surface area (Å²) in [4.78, 5) is 12.8. The number of carbonyl (C=O) groups is 1. The minimum atomic E-state index is -3.72.